The monoisotopic (exact) mass is 186 g/mol. The molecule has 0 bridgehead atoms. The number of carbonyl (C=O) groups is 1. The summed E-state index contributed by atoms with van der Waals surface area (Å²) in [5, 5.41) is 0. The average Bonchev–Trinajstić information content (AvgIpc) is 2.30. The average molecular weight is 186 g/mol. The number of rotatable bonds is 1. The molecule has 0 spiro atoms. The van der Waals surface area contributed by atoms with E-state index in [4.69, 9.17) is 0 Å². The Balaban J connectivity index is 2.24. The van der Waals surface area contributed by atoms with Crippen molar-refractivity contribution < 1.29 is 9.37 Å². The summed E-state index contributed by atoms with van der Waals surface area (Å²) in [4.78, 5) is 11.9. The summed E-state index contributed by atoms with van der Waals surface area (Å²) >= 11 is 0. The van der Waals surface area contributed by atoms with Gasteiger partial charge in [-0.2, -0.15) is 4.58 Å². The molecule has 0 fully saturated rings. The second-order valence-corrected chi connectivity index (χ2v) is 3.23. The van der Waals surface area contributed by atoms with Gasteiger partial charge in [0.05, 0.1) is 5.56 Å². The zero-order valence-corrected chi connectivity index (χ0v) is 7.89. The van der Waals surface area contributed by atoms with E-state index in [1.54, 1.807) is 4.58 Å². The quantitative estimate of drug-likeness (QED) is 0.613. The third-order valence-corrected chi connectivity index (χ3v) is 2.22. The van der Waals surface area contributed by atoms with Crippen molar-refractivity contribution in [3.63, 3.8) is 0 Å². The van der Waals surface area contributed by atoms with Gasteiger partial charge in [0.25, 0.3) is 0 Å². The molecule has 0 N–H and O–H groups in total. The molecule has 14 heavy (non-hydrogen) atoms. The van der Waals surface area contributed by atoms with E-state index in [2.05, 4.69) is 6.08 Å². The van der Waals surface area contributed by atoms with E-state index in [1.807, 2.05) is 42.6 Å². The first kappa shape index (κ1) is 8.88. The Bertz CT molecular complexity index is 390. The van der Waals surface area contributed by atoms with Gasteiger partial charge in [-0.3, -0.25) is 0 Å². The second-order valence-electron chi connectivity index (χ2n) is 3.23. The minimum Gasteiger partial charge on any atom is -0.214 e. The lowest BCUT2D eigenvalue weighted by molar-refractivity contribution is -0.423. The van der Waals surface area contributed by atoms with Crippen LogP contribution in [0.25, 0.3) is 0 Å². The maximum Gasteiger partial charge on any atom is 0.419 e. The Kier molecular flexibility index (Phi) is 2.54. The van der Waals surface area contributed by atoms with E-state index in [0.717, 1.165) is 18.5 Å². The summed E-state index contributed by atoms with van der Waals surface area (Å²) in [5.41, 5.74) is 0.749. The van der Waals surface area contributed by atoms with Gasteiger partial charge in [-0.25, -0.2) is 4.79 Å². The second kappa shape index (κ2) is 4.01. The number of amides is 1. The standard InChI is InChI=1S/C12H12NO/c14-12(11-7-3-1-4-8-11)13-9-5-2-6-10-13/h1-5,7-9H,6,10H2/q+1. The van der Waals surface area contributed by atoms with Gasteiger partial charge in [-0.15, -0.1) is 0 Å². The molecule has 0 radical (unpaired) electrons. The highest BCUT2D eigenvalue weighted by atomic mass is 16.2. The largest absolute Gasteiger partial charge is 0.419 e. The molecular formula is C12H12NO+. The molecule has 0 unspecified atom stereocenters. The zero-order chi connectivity index (χ0) is 9.80. The van der Waals surface area contributed by atoms with Gasteiger partial charge >= 0.3 is 5.91 Å². The summed E-state index contributed by atoms with van der Waals surface area (Å²) in [6, 6.07) is 9.36. The lowest BCUT2D eigenvalue weighted by Crippen LogP contribution is -2.24. The Morgan fingerprint density at radius 1 is 1.21 bits per heavy atom. The number of allylic oxidation sites excluding steroid dienone is 1. The first-order valence-corrected chi connectivity index (χ1v) is 4.74. The molecule has 0 atom stereocenters. The third-order valence-electron chi connectivity index (χ3n) is 2.22. The van der Waals surface area contributed by atoms with Crippen LogP contribution in [0.15, 0.2) is 42.5 Å². The van der Waals surface area contributed by atoms with Crippen LogP contribution >= 0.6 is 0 Å². The summed E-state index contributed by atoms with van der Waals surface area (Å²) in [5.74, 6) is 0.0787. The molecule has 0 aromatic heterocycles. The van der Waals surface area contributed by atoms with Gasteiger partial charge in [0.15, 0.2) is 12.8 Å². The van der Waals surface area contributed by atoms with E-state index < -0.39 is 0 Å². The molecule has 1 aromatic rings. The van der Waals surface area contributed by atoms with Crippen LogP contribution < -0.4 is 0 Å². The van der Waals surface area contributed by atoms with Crippen LogP contribution in [-0.4, -0.2) is 23.2 Å². The fourth-order valence-electron chi connectivity index (χ4n) is 1.46. The van der Waals surface area contributed by atoms with Gasteiger partial charge in [-0.1, -0.05) is 24.3 Å². The summed E-state index contributed by atoms with van der Waals surface area (Å²) in [7, 11) is 0. The first-order valence-electron chi connectivity index (χ1n) is 4.74. The van der Waals surface area contributed by atoms with Crippen molar-refractivity contribution in [2.45, 2.75) is 6.42 Å². The summed E-state index contributed by atoms with van der Waals surface area (Å²) in [6.07, 6.45) is 6.76. The highest BCUT2D eigenvalue weighted by Crippen LogP contribution is 2.03. The lowest BCUT2D eigenvalue weighted by Gasteiger charge is -2.01. The van der Waals surface area contributed by atoms with Crippen LogP contribution in [-0.2, 0) is 0 Å². The van der Waals surface area contributed by atoms with E-state index in [1.165, 1.54) is 0 Å². The van der Waals surface area contributed by atoms with Crippen LogP contribution in [0.5, 0.6) is 0 Å². The van der Waals surface area contributed by atoms with Crippen molar-refractivity contribution in [2.24, 2.45) is 0 Å². The SMILES string of the molecule is O=C(c1ccccc1)[N+]1=CC=CCC1. The van der Waals surface area contributed by atoms with Crippen molar-refractivity contribution in [1.82, 2.24) is 0 Å². The molecular weight excluding hydrogens is 174 g/mol. The summed E-state index contributed by atoms with van der Waals surface area (Å²) in [6.45, 7) is 0.782. The van der Waals surface area contributed by atoms with Gasteiger partial charge in [-0.05, 0) is 18.2 Å². The number of nitrogens with zero attached hydrogens (tertiary/aromatic N) is 1. The molecule has 0 saturated carbocycles. The normalized spacial score (nSPS) is 15.0. The van der Waals surface area contributed by atoms with E-state index in [9.17, 15) is 4.79 Å². The number of hydrogen-bond donors (Lipinski definition) is 0. The minimum absolute atomic E-state index is 0.0787. The highest BCUT2D eigenvalue weighted by Gasteiger charge is 2.19. The maximum atomic E-state index is 11.9. The predicted octanol–water partition coefficient (Wildman–Crippen LogP) is 1.87. The molecule has 1 aliphatic heterocycles. The Morgan fingerprint density at radius 3 is 2.64 bits per heavy atom. The maximum absolute atomic E-state index is 11.9. The van der Waals surface area contributed by atoms with Gasteiger partial charge in [0.2, 0.25) is 0 Å². The molecule has 1 aromatic carbocycles. The fourth-order valence-corrected chi connectivity index (χ4v) is 1.46. The molecule has 0 aliphatic carbocycles. The molecule has 1 amide bonds. The van der Waals surface area contributed by atoms with Gasteiger partial charge < -0.3 is 0 Å². The Morgan fingerprint density at radius 2 is 2.00 bits per heavy atom. The van der Waals surface area contributed by atoms with E-state index in [0.29, 0.717) is 0 Å². The number of benzene rings is 1. The summed E-state index contributed by atoms with van der Waals surface area (Å²) < 4.78 is 1.75. The molecule has 2 heteroatoms. The molecule has 2 rings (SSSR count). The fraction of sp³-hybridized carbons (Fsp3) is 0.167. The zero-order valence-electron chi connectivity index (χ0n) is 7.89. The van der Waals surface area contributed by atoms with Crippen molar-refractivity contribution in [1.29, 1.82) is 0 Å². The van der Waals surface area contributed by atoms with E-state index >= 15 is 0 Å². The topological polar surface area (TPSA) is 20.1 Å². The highest BCUT2D eigenvalue weighted by molar-refractivity contribution is 5.90. The number of carbonyl (C=O) groups excluding carboxylic acids is 1. The van der Waals surface area contributed by atoms with Crippen LogP contribution in [0.2, 0.25) is 0 Å². The molecule has 1 aliphatic rings. The van der Waals surface area contributed by atoms with Gasteiger partial charge in [0.1, 0.15) is 0 Å². The third kappa shape index (κ3) is 1.79. The smallest absolute Gasteiger partial charge is 0.214 e. The minimum atomic E-state index is 0.0787. The Hall–Kier alpha value is -1.70. The molecule has 1 heterocycles. The van der Waals surface area contributed by atoms with E-state index in [-0.39, 0.29) is 5.91 Å². The van der Waals surface area contributed by atoms with Crippen molar-refractivity contribution in [2.75, 3.05) is 6.54 Å². The predicted molar refractivity (Wildman–Crippen MR) is 55.7 cm³/mol. The molecule has 0 saturated heterocycles. The van der Waals surface area contributed by atoms with Crippen LogP contribution in [0.4, 0.5) is 0 Å². The Labute approximate surface area is 83.2 Å². The lowest BCUT2D eigenvalue weighted by atomic mass is 10.2. The van der Waals surface area contributed by atoms with Crippen molar-refractivity contribution in [3.05, 3.63) is 48.0 Å². The van der Waals surface area contributed by atoms with Crippen LogP contribution in [0.1, 0.15) is 16.8 Å². The molecule has 2 nitrogen and oxygen atoms in total. The van der Waals surface area contributed by atoms with Crippen LogP contribution in [0.3, 0.4) is 0 Å². The number of hydrogen-bond acceptors (Lipinski definition) is 1. The van der Waals surface area contributed by atoms with Crippen molar-refractivity contribution in [3.8, 4) is 0 Å². The van der Waals surface area contributed by atoms with Crippen LogP contribution in [0, 0.1) is 0 Å². The van der Waals surface area contributed by atoms with Gasteiger partial charge in [0, 0.05) is 6.42 Å². The molecule has 70 valence electrons. The van der Waals surface area contributed by atoms with Crippen molar-refractivity contribution >= 4 is 12.1 Å². The first-order chi connectivity index (χ1) is 6.88.